The van der Waals surface area contributed by atoms with Crippen LogP contribution in [-0.2, 0) is 0 Å². The number of H-pyrrole nitrogens is 1. The van der Waals surface area contributed by atoms with Crippen LogP contribution in [0.5, 0.6) is 11.5 Å². The molecule has 1 atom stereocenters. The van der Waals surface area contributed by atoms with Gasteiger partial charge in [0.2, 0.25) is 0 Å². The molecule has 1 saturated heterocycles. The van der Waals surface area contributed by atoms with Crippen LogP contribution in [0.1, 0.15) is 16.9 Å². The van der Waals surface area contributed by atoms with E-state index >= 15 is 0 Å². The molecule has 1 aliphatic heterocycles. The predicted molar refractivity (Wildman–Crippen MR) is 83.9 cm³/mol. The number of hydrogen-bond acceptors (Lipinski definition) is 5. The molecule has 3 rings (SSSR count). The highest BCUT2D eigenvalue weighted by molar-refractivity contribution is 7.99. The van der Waals surface area contributed by atoms with Gasteiger partial charge in [0.05, 0.1) is 12.8 Å². The van der Waals surface area contributed by atoms with Crippen molar-refractivity contribution in [2.75, 3.05) is 18.6 Å². The minimum atomic E-state index is -1.05. The van der Waals surface area contributed by atoms with Gasteiger partial charge < -0.3 is 14.6 Å². The number of aromatic nitrogens is 2. The van der Waals surface area contributed by atoms with Gasteiger partial charge in [-0.2, -0.15) is 16.9 Å². The van der Waals surface area contributed by atoms with Crippen LogP contribution < -0.4 is 9.47 Å². The first-order valence-electron chi connectivity index (χ1n) is 6.89. The molecule has 0 bridgehead atoms. The lowest BCUT2D eigenvalue weighted by Gasteiger charge is -2.17. The summed E-state index contributed by atoms with van der Waals surface area (Å²) in [4.78, 5) is 11.0. The van der Waals surface area contributed by atoms with Crippen LogP contribution in [0.4, 0.5) is 0 Å². The number of carbonyl (C=O) groups is 1. The number of carboxylic acid groups (broad SMARTS) is 1. The Labute approximate surface area is 131 Å². The maximum Gasteiger partial charge on any atom is 0.353 e. The van der Waals surface area contributed by atoms with Crippen molar-refractivity contribution < 1.29 is 19.4 Å². The number of nitrogens with zero attached hydrogens (tertiary/aromatic N) is 1. The van der Waals surface area contributed by atoms with E-state index in [0.717, 1.165) is 17.9 Å². The lowest BCUT2D eigenvalue weighted by atomic mass is 10.1. The predicted octanol–water partition coefficient (Wildman–Crippen LogP) is 2.67. The molecule has 116 valence electrons. The second kappa shape index (κ2) is 6.31. The fourth-order valence-electron chi connectivity index (χ4n) is 2.38. The molecule has 1 aromatic heterocycles. The van der Waals surface area contributed by atoms with Crippen molar-refractivity contribution in [3.63, 3.8) is 0 Å². The Morgan fingerprint density at radius 2 is 2.36 bits per heavy atom. The van der Waals surface area contributed by atoms with Crippen LogP contribution in [0, 0.1) is 0 Å². The molecule has 7 heteroatoms. The number of benzene rings is 1. The molecule has 1 unspecified atom stereocenters. The van der Waals surface area contributed by atoms with Crippen molar-refractivity contribution >= 4 is 17.7 Å². The Morgan fingerprint density at radius 1 is 1.50 bits per heavy atom. The Hall–Kier alpha value is -2.15. The molecule has 2 N–H and O–H groups in total. The van der Waals surface area contributed by atoms with Gasteiger partial charge in [-0.1, -0.05) is 6.07 Å². The summed E-state index contributed by atoms with van der Waals surface area (Å²) >= 11 is 1.87. The van der Waals surface area contributed by atoms with Crippen molar-refractivity contribution in [1.29, 1.82) is 0 Å². The Bertz CT molecular complexity index is 680. The first-order chi connectivity index (χ1) is 10.7. The van der Waals surface area contributed by atoms with E-state index in [1.165, 1.54) is 6.07 Å². The van der Waals surface area contributed by atoms with Crippen LogP contribution in [0.15, 0.2) is 24.3 Å². The molecule has 0 aliphatic carbocycles. The van der Waals surface area contributed by atoms with E-state index in [9.17, 15) is 4.79 Å². The van der Waals surface area contributed by atoms with Crippen molar-refractivity contribution in [2.24, 2.45) is 0 Å². The zero-order valence-corrected chi connectivity index (χ0v) is 12.9. The SMILES string of the molecule is COc1c(OC2CCSC2)cccc1-c1cc(C(=O)O)[nH]n1. The molecule has 1 aliphatic rings. The number of rotatable bonds is 5. The first kappa shape index (κ1) is 14.8. The summed E-state index contributed by atoms with van der Waals surface area (Å²) in [5.74, 6) is 2.26. The van der Waals surface area contributed by atoms with E-state index in [1.807, 2.05) is 30.0 Å². The number of methoxy groups -OCH3 is 1. The molecule has 0 spiro atoms. The third-order valence-electron chi connectivity index (χ3n) is 3.45. The summed E-state index contributed by atoms with van der Waals surface area (Å²) < 4.78 is 11.5. The summed E-state index contributed by atoms with van der Waals surface area (Å²) in [6.45, 7) is 0. The molecule has 0 saturated carbocycles. The molecule has 22 heavy (non-hydrogen) atoms. The summed E-state index contributed by atoms with van der Waals surface area (Å²) in [5, 5.41) is 15.5. The number of hydrogen-bond donors (Lipinski definition) is 2. The molecule has 6 nitrogen and oxygen atoms in total. The van der Waals surface area contributed by atoms with Gasteiger partial charge in [-0.3, -0.25) is 5.10 Å². The van der Waals surface area contributed by atoms with Gasteiger partial charge in [-0.15, -0.1) is 0 Å². The molecule has 2 heterocycles. The van der Waals surface area contributed by atoms with Gasteiger partial charge >= 0.3 is 5.97 Å². The number of carboxylic acids is 1. The second-order valence-electron chi connectivity index (χ2n) is 4.91. The molecule has 0 amide bonds. The van der Waals surface area contributed by atoms with E-state index in [-0.39, 0.29) is 11.8 Å². The molecule has 1 aromatic carbocycles. The van der Waals surface area contributed by atoms with Crippen LogP contribution >= 0.6 is 11.8 Å². The number of aromatic amines is 1. The minimum Gasteiger partial charge on any atom is -0.492 e. The third-order valence-corrected chi connectivity index (χ3v) is 4.58. The van der Waals surface area contributed by atoms with E-state index in [4.69, 9.17) is 14.6 Å². The fraction of sp³-hybridized carbons (Fsp3) is 0.333. The van der Waals surface area contributed by atoms with E-state index in [1.54, 1.807) is 7.11 Å². The topological polar surface area (TPSA) is 84.4 Å². The van der Waals surface area contributed by atoms with E-state index < -0.39 is 5.97 Å². The van der Waals surface area contributed by atoms with Gasteiger partial charge in [0, 0.05) is 11.3 Å². The monoisotopic (exact) mass is 320 g/mol. The number of aromatic carboxylic acids is 1. The summed E-state index contributed by atoms with van der Waals surface area (Å²) in [7, 11) is 1.57. The fourth-order valence-corrected chi connectivity index (χ4v) is 3.47. The van der Waals surface area contributed by atoms with Gasteiger partial charge in [0.25, 0.3) is 0 Å². The van der Waals surface area contributed by atoms with Crippen LogP contribution in [0.2, 0.25) is 0 Å². The van der Waals surface area contributed by atoms with Gasteiger partial charge in [-0.05, 0) is 30.4 Å². The first-order valence-corrected chi connectivity index (χ1v) is 8.05. The molecule has 2 aromatic rings. The van der Waals surface area contributed by atoms with Crippen LogP contribution in [0.3, 0.4) is 0 Å². The van der Waals surface area contributed by atoms with Crippen LogP contribution in [-0.4, -0.2) is 46.0 Å². The van der Waals surface area contributed by atoms with Crippen LogP contribution in [0.25, 0.3) is 11.3 Å². The zero-order valence-electron chi connectivity index (χ0n) is 12.0. The highest BCUT2D eigenvalue weighted by atomic mass is 32.2. The number of para-hydroxylation sites is 1. The normalized spacial score (nSPS) is 17.4. The minimum absolute atomic E-state index is 0.0376. The van der Waals surface area contributed by atoms with Gasteiger partial charge in [0.15, 0.2) is 11.5 Å². The second-order valence-corrected chi connectivity index (χ2v) is 6.06. The van der Waals surface area contributed by atoms with E-state index in [2.05, 4.69) is 10.2 Å². The van der Waals surface area contributed by atoms with Crippen molar-refractivity contribution in [1.82, 2.24) is 10.2 Å². The van der Waals surface area contributed by atoms with Crippen molar-refractivity contribution in [2.45, 2.75) is 12.5 Å². The smallest absolute Gasteiger partial charge is 0.353 e. The number of thioether (sulfide) groups is 1. The van der Waals surface area contributed by atoms with E-state index in [0.29, 0.717) is 22.8 Å². The Balaban J connectivity index is 1.94. The molecule has 0 radical (unpaired) electrons. The quantitative estimate of drug-likeness (QED) is 0.881. The van der Waals surface area contributed by atoms with Crippen molar-refractivity contribution in [3.05, 3.63) is 30.0 Å². The largest absolute Gasteiger partial charge is 0.492 e. The summed E-state index contributed by atoms with van der Waals surface area (Å²) in [6, 6.07) is 7.02. The summed E-state index contributed by atoms with van der Waals surface area (Å²) in [6.07, 6.45) is 1.20. The third kappa shape index (κ3) is 2.89. The molecular formula is C15H16N2O4S. The Kier molecular flexibility index (Phi) is 4.24. The maximum atomic E-state index is 11.0. The average Bonchev–Trinajstić information content (AvgIpc) is 3.18. The highest BCUT2D eigenvalue weighted by Gasteiger charge is 2.21. The standard InChI is InChI=1S/C15H16N2O4S/c1-20-14-10(11-7-12(15(18)19)17-16-11)3-2-4-13(14)21-9-5-6-22-8-9/h2-4,7,9H,5-6,8H2,1H3,(H,16,17)(H,18,19). The number of ether oxygens (including phenoxy) is 2. The lowest BCUT2D eigenvalue weighted by Crippen LogP contribution is -2.15. The van der Waals surface area contributed by atoms with Gasteiger partial charge in [0.1, 0.15) is 11.8 Å². The zero-order chi connectivity index (χ0) is 15.5. The maximum absolute atomic E-state index is 11.0. The summed E-state index contributed by atoms with van der Waals surface area (Å²) in [5.41, 5.74) is 1.26. The van der Waals surface area contributed by atoms with Crippen molar-refractivity contribution in [3.8, 4) is 22.8 Å². The average molecular weight is 320 g/mol. The highest BCUT2D eigenvalue weighted by Crippen LogP contribution is 2.38. The van der Waals surface area contributed by atoms with Gasteiger partial charge in [-0.25, -0.2) is 4.79 Å². The Morgan fingerprint density at radius 3 is 3.00 bits per heavy atom. The lowest BCUT2D eigenvalue weighted by molar-refractivity contribution is 0.0690. The molecular weight excluding hydrogens is 304 g/mol. The molecule has 1 fully saturated rings. The number of nitrogens with one attached hydrogen (secondary N) is 1.